The van der Waals surface area contributed by atoms with Crippen molar-refractivity contribution in [3.8, 4) is 0 Å². The lowest BCUT2D eigenvalue weighted by atomic mass is 10.1. The van der Waals surface area contributed by atoms with Crippen LogP contribution in [0.3, 0.4) is 0 Å². The summed E-state index contributed by atoms with van der Waals surface area (Å²) in [6, 6.07) is 8.25. The Hall–Kier alpha value is -1.00. The molecule has 1 aromatic carbocycles. The Morgan fingerprint density at radius 1 is 1.47 bits per heavy atom. The first-order valence-electron chi connectivity index (χ1n) is 6.79. The predicted molar refractivity (Wildman–Crippen MR) is 78.3 cm³/mol. The first kappa shape index (κ1) is 14.4. The smallest absolute Gasteiger partial charge is 0.230 e. The van der Waals surface area contributed by atoms with E-state index < -0.39 is 0 Å². The molecule has 1 saturated carbocycles. The number of aliphatic hydroxyl groups excluding tert-OH is 1. The minimum Gasteiger partial charge on any atom is -0.396 e. The van der Waals surface area contributed by atoms with E-state index >= 15 is 0 Å². The summed E-state index contributed by atoms with van der Waals surface area (Å²) in [7, 11) is 0. The highest BCUT2D eigenvalue weighted by Crippen LogP contribution is 2.34. The molecule has 1 atom stereocenters. The third-order valence-corrected chi connectivity index (χ3v) is 4.61. The number of hydrogen-bond donors (Lipinski definition) is 2. The monoisotopic (exact) mass is 279 g/mol. The first-order valence-corrected chi connectivity index (χ1v) is 7.78. The van der Waals surface area contributed by atoms with Crippen molar-refractivity contribution in [3.05, 3.63) is 29.8 Å². The summed E-state index contributed by atoms with van der Waals surface area (Å²) in [5.41, 5.74) is 1.20. The van der Waals surface area contributed by atoms with Crippen LogP contribution < -0.4 is 5.32 Å². The summed E-state index contributed by atoms with van der Waals surface area (Å²) < 4.78 is 0. The lowest BCUT2D eigenvalue weighted by molar-refractivity contribution is -0.119. The van der Waals surface area contributed by atoms with Gasteiger partial charge in [0.2, 0.25) is 5.91 Å². The van der Waals surface area contributed by atoms with Crippen LogP contribution in [0.25, 0.3) is 0 Å². The number of aryl methyl sites for hydroxylation is 1. The van der Waals surface area contributed by atoms with Gasteiger partial charge in [0.25, 0.3) is 0 Å². The molecule has 2 rings (SSSR count). The summed E-state index contributed by atoms with van der Waals surface area (Å²) in [4.78, 5) is 13.1. The maximum absolute atomic E-state index is 11.9. The van der Waals surface area contributed by atoms with Gasteiger partial charge in [0.1, 0.15) is 0 Å². The minimum absolute atomic E-state index is 0.0682. The summed E-state index contributed by atoms with van der Waals surface area (Å²) in [6.45, 7) is 2.20. The molecule has 0 bridgehead atoms. The highest BCUT2D eigenvalue weighted by atomic mass is 32.2. The number of benzene rings is 1. The van der Waals surface area contributed by atoms with Crippen LogP contribution in [0.2, 0.25) is 0 Å². The molecule has 104 valence electrons. The van der Waals surface area contributed by atoms with E-state index in [1.54, 1.807) is 11.8 Å². The van der Waals surface area contributed by atoms with Gasteiger partial charge >= 0.3 is 0 Å². The van der Waals surface area contributed by atoms with Crippen molar-refractivity contribution in [2.75, 3.05) is 12.4 Å². The lowest BCUT2D eigenvalue weighted by Crippen LogP contribution is -2.38. The van der Waals surface area contributed by atoms with E-state index in [2.05, 4.69) is 18.3 Å². The Bertz CT molecular complexity index is 432. The average Bonchev–Trinajstić information content (AvgIpc) is 3.21. The fourth-order valence-electron chi connectivity index (χ4n) is 2.17. The average molecular weight is 279 g/mol. The number of carbonyl (C=O) groups excluding carboxylic acids is 1. The normalized spacial score (nSPS) is 16.1. The molecule has 0 aliphatic heterocycles. The molecule has 19 heavy (non-hydrogen) atoms. The second-order valence-corrected chi connectivity index (χ2v) is 6.10. The van der Waals surface area contributed by atoms with Gasteiger partial charge in [0.05, 0.1) is 5.75 Å². The van der Waals surface area contributed by atoms with Crippen LogP contribution in [0.4, 0.5) is 0 Å². The number of carbonyl (C=O) groups is 1. The third kappa shape index (κ3) is 4.55. The molecule has 0 saturated heterocycles. The van der Waals surface area contributed by atoms with E-state index in [4.69, 9.17) is 5.11 Å². The molecule has 3 nitrogen and oxygen atoms in total. The van der Waals surface area contributed by atoms with Crippen molar-refractivity contribution in [1.82, 2.24) is 5.32 Å². The largest absolute Gasteiger partial charge is 0.396 e. The molecule has 0 aromatic heterocycles. The molecule has 0 heterocycles. The van der Waals surface area contributed by atoms with E-state index in [0.717, 1.165) is 4.90 Å². The quantitative estimate of drug-likeness (QED) is 0.753. The predicted octanol–water partition coefficient (Wildman–Crippen LogP) is 2.36. The van der Waals surface area contributed by atoms with Crippen LogP contribution >= 0.6 is 11.8 Å². The van der Waals surface area contributed by atoms with E-state index in [1.807, 2.05) is 18.2 Å². The number of nitrogens with one attached hydrogen (secondary N) is 1. The van der Waals surface area contributed by atoms with Gasteiger partial charge in [-0.05, 0) is 43.7 Å². The second kappa shape index (κ2) is 6.96. The van der Waals surface area contributed by atoms with Crippen LogP contribution in [0.15, 0.2) is 29.2 Å². The molecule has 2 N–H and O–H groups in total. The summed E-state index contributed by atoms with van der Waals surface area (Å²) in [5.74, 6) is 1.10. The van der Waals surface area contributed by atoms with Crippen LogP contribution in [-0.4, -0.2) is 29.4 Å². The maximum Gasteiger partial charge on any atom is 0.230 e. The van der Waals surface area contributed by atoms with Gasteiger partial charge in [-0.3, -0.25) is 4.79 Å². The van der Waals surface area contributed by atoms with Crippen molar-refractivity contribution < 1.29 is 9.90 Å². The number of amides is 1. The van der Waals surface area contributed by atoms with Gasteiger partial charge in [-0.1, -0.05) is 18.2 Å². The standard InChI is InChI=1S/C15H21NO2S/c1-11-4-2-3-5-14(11)19-10-15(18)16-13(8-9-17)12-6-7-12/h2-5,12-13,17H,6-10H2,1H3,(H,16,18). The Morgan fingerprint density at radius 2 is 2.21 bits per heavy atom. The van der Waals surface area contributed by atoms with Gasteiger partial charge < -0.3 is 10.4 Å². The summed E-state index contributed by atoms with van der Waals surface area (Å²) >= 11 is 1.57. The zero-order valence-electron chi connectivity index (χ0n) is 11.3. The minimum atomic E-state index is 0.0682. The van der Waals surface area contributed by atoms with Crippen molar-refractivity contribution in [2.24, 2.45) is 5.92 Å². The van der Waals surface area contributed by atoms with Gasteiger partial charge in [-0.15, -0.1) is 11.8 Å². The third-order valence-electron chi connectivity index (χ3n) is 3.43. The van der Waals surface area contributed by atoms with Crippen molar-refractivity contribution >= 4 is 17.7 Å². The Kier molecular flexibility index (Phi) is 5.28. The van der Waals surface area contributed by atoms with Crippen LogP contribution in [0, 0.1) is 12.8 Å². The Labute approximate surface area is 118 Å². The molecule has 1 aliphatic carbocycles. The summed E-state index contributed by atoms with van der Waals surface area (Å²) in [5, 5.41) is 12.1. The van der Waals surface area contributed by atoms with Crippen LogP contribution in [-0.2, 0) is 4.79 Å². The van der Waals surface area contributed by atoms with Crippen molar-refractivity contribution in [3.63, 3.8) is 0 Å². The molecule has 1 aromatic rings. The topological polar surface area (TPSA) is 49.3 Å². The molecular weight excluding hydrogens is 258 g/mol. The lowest BCUT2D eigenvalue weighted by Gasteiger charge is -2.17. The van der Waals surface area contributed by atoms with Gasteiger partial charge in [0, 0.05) is 17.5 Å². The molecule has 1 aliphatic rings. The zero-order chi connectivity index (χ0) is 13.7. The Morgan fingerprint density at radius 3 is 2.84 bits per heavy atom. The van der Waals surface area contributed by atoms with E-state index in [1.165, 1.54) is 18.4 Å². The molecule has 1 unspecified atom stereocenters. The summed E-state index contributed by atoms with van der Waals surface area (Å²) in [6.07, 6.45) is 3.03. The highest BCUT2D eigenvalue weighted by molar-refractivity contribution is 8.00. The van der Waals surface area contributed by atoms with Gasteiger partial charge in [0.15, 0.2) is 0 Å². The molecule has 4 heteroatoms. The molecule has 0 spiro atoms. The Balaban J connectivity index is 1.79. The number of aliphatic hydroxyl groups is 1. The number of rotatable bonds is 7. The van der Waals surface area contributed by atoms with Gasteiger partial charge in [-0.2, -0.15) is 0 Å². The van der Waals surface area contributed by atoms with E-state index in [9.17, 15) is 4.79 Å². The SMILES string of the molecule is Cc1ccccc1SCC(=O)NC(CCO)C1CC1. The molecule has 1 fully saturated rings. The second-order valence-electron chi connectivity index (χ2n) is 5.08. The van der Waals surface area contributed by atoms with Crippen LogP contribution in [0.1, 0.15) is 24.8 Å². The fraction of sp³-hybridized carbons (Fsp3) is 0.533. The highest BCUT2D eigenvalue weighted by Gasteiger charge is 2.31. The molecule has 1 amide bonds. The molecule has 0 radical (unpaired) electrons. The van der Waals surface area contributed by atoms with Gasteiger partial charge in [-0.25, -0.2) is 0 Å². The van der Waals surface area contributed by atoms with E-state index in [-0.39, 0.29) is 18.6 Å². The zero-order valence-corrected chi connectivity index (χ0v) is 12.1. The van der Waals surface area contributed by atoms with Crippen molar-refractivity contribution in [1.29, 1.82) is 0 Å². The molecular formula is C15H21NO2S. The van der Waals surface area contributed by atoms with E-state index in [0.29, 0.717) is 18.1 Å². The maximum atomic E-state index is 11.9. The van der Waals surface area contributed by atoms with Crippen molar-refractivity contribution in [2.45, 2.75) is 37.1 Å². The first-order chi connectivity index (χ1) is 9.20. The number of thioether (sulfide) groups is 1. The number of hydrogen-bond acceptors (Lipinski definition) is 3. The fourth-order valence-corrected chi connectivity index (χ4v) is 3.01. The van der Waals surface area contributed by atoms with Crippen LogP contribution in [0.5, 0.6) is 0 Å².